The Bertz CT molecular complexity index is 674. The summed E-state index contributed by atoms with van der Waals surface area (Å²) in [5.41, 5.74) is 8.28. The number of rotatable bonds is 8. The summed E-state index contributed by atoms with van der Waals surface area (Å²) in [5, 5.41) is 2.85. The van der Waals surface area contributed by atoms with Gasteiger partial charge in [0.2, 0.25) is 0 Å². The van der Waals surface area contributed by atoms with Crippen LogP contribution in [0.15, 0.2) is 54.6 Å². The van der Waals surface area contributed by atoms with E-state index in [0.717, 1.165) is 17.7 Å². The maximum absolute atomic E-state index is 11.9. The van der Waals surface area contributed by atoms with Gasteiger partial charge in [0, 0.05) is 19.0 Å². The molecule has 2 aromatic carbocycles. The fourth-order valence-corrected chi connectivity index (χ4v) is 2.72. The summed E-state index contributed by atoms with van der Waals surface area (Å²) in [6.07, 6.45) is 3.14. The highest BCUT2D eigenvalue weighted by Gasteiger charge is 2.28. The second kappa shape index (κ2) is 9.44. The molecule has 25 heavy (non-hydrogen) atoms. The number of carbonyl (C=O) groups excluding carboxylic acids is 1. The minimum Gasteiger partial charge on any atom is -0.483 e. The van der Waals surface area contributed by atoms with Crippen LogP contribution >= 0.6 is 12.4 Å². The molecule has 0 radical (unpaired) electrons. The van der Waals surface area contributed by atoms with Crippen LogP contribution in [-0.4, -0.2) is 25.1 Å². The molecular weight excluding hydrogens is 336 g/mol. The van der Waals surface area contributed by atoms with Gasteiger partial charge in [0.15, 0.2) is 6.61 Å². The van der Waals surface area contributed by atoms with E-state index in [1.165, 1.54) is 18.4 Å². The lowest BCUT2D eigenvalue weighted by Crippen LogP contribution is -2.40. The van der Waals surface area contributed by atoms with Crippen LogP contribution in [-0.2, 0) is 11.2 Å². The number of amides is 1. The first-order valence-electron chi connectivity index (χ1n) is 8.49. The number of nitrogens with one attached hydrogen (secondary N) is 1. The van der Waals surface area contributed by atoms with Crippen molar-refractivity contribution in [3.05, 3.63) is 65.7 Å². The van der Waals surface area contributed by atoms with Gasteiger partial charge in [0.25, 0.3) is 5.91 Å². The number of nitrogens with two attached hydrogens (primary N) is 1. The Hall–Kier alpha value is -2.04. The summed E-state index contributed by atoms with van der Waals surface area (Å²) in [6, 6.07) is 18.1. The topological polar surface area (TPSA) is 64.3 Å². The fourth-order valence-electron chi connectivity index (χ4n) is 2.72. The van der Waals surface area contributed by atoms with Gasteiger partial charge in [-0.25, -0.2) is 0 Å². The Kier molecular flexibility index (Phi) is 7.29. The van der Waals surface area contributed by atoms with E-state index in [0.29, 0.717) is 12.5 Å². The minimum atomic E-state index is -0.124. The molecular formula is C20H25ClN2O2. The average Bonchev–Trinajstić information content (AvgIpc) is 3.45. The van der Waals surface area contributed by atoms with Crippen molar-refractivity contribution < 1.29 is 9.53 Å². The Labute approximate surface area is 155 Å². The number of halogens is 1. The van der Waals surface area contributed by atoms with Crippen LogP contribution in [0.25, 0.3) is 0 Å². The van der Waals surface area contributed by atoms with Gasteiger partial charge in [-0.3, -0.25) is 4.79 Å². The number of hydrogen-bond acceptors (Lipinski definition) is 3. The van der Waals surface area contributed by atoms with Gasteiger partial charge in [0.05, 0.1) is 0 Å². The van der Waals surface area contributed by atoms with Crippen LogP contribution in [0.4, 0.5) is 0 Å². The standard InChI is InChI=1S/C20H24N2O2.ClH/c21-18(16-10-11-16)13-22-20(23)14-24-19-9-5-4-8-17(19)12-15-6-2-1-3-7-15;/h1-9,16,18H,10-14,21H2,(H,22,23);1H. The van der Waals surface area contributed by atoms with E-state index in [9.17, 15) is 4.79 Å². The largest absolute Gasteiger partial charge is 0.483 e. The third-order valence-electron chi connectivity index (χ3n) is 4.33. The van der Waals surface area contributed by atoms with E-state index in [1.54, 1.807) is 0 Å². The Morgan fingerprint density at radius 2 is 1.80 bits per heavy atom. The predicted molar refractivity (Wildman–Crippen MR) is 102 cm³/mol. The van der Waals surface area contributed by atoms with Crippen molar-refractivity contribution in [3.63, 3.8) is 0 Å². The number of benzene rings is 2. The van der Waals surface area contributed by atoms with Crippen molar-refractivity contribution in [2.45, 2.75) is 25.3 Å². The molecule has 1 amide bonds. The van der Waals surface area contributed by atoms with Crippen molar-refractivity contribution >= 4 is 18.3 Å². The minimum absolute atomic E-state index is 0. The number of carbonyl (C=O) groups is 1. The lowest BCUT2D eigenvalue weighted by molar-refractivity contribution is -0.123. The van der Waals surface area contributed by atoms with E-state index in [1.807, 2.05) is 42.5 Å². The lowest BCUT2D eigenvalue weighted by Gasteiger charge is -2.14. The molecule has 3 N–H and O–H groups in total. The van der Waals surface area contributed by atoms with Crippen LogP contribution < -0.4 is 15.8 Å². The molecule has 2 aromatic rings. The maximum Gasteiger partial charge on any atom is 0.257 e. The highest BCUT2D eigenvalue weighted by atomic mass is 35.5. The quantitative estimate of drug-likeness (QED) is 0.760. The van der Waals surface area contributed by atoms with Crippen LogP contribution in [0, 0.1) is 5.92 Å². The molecule has 0 heterocycles. The zero-order valence-corrected chi connectivity index (χ0v) is 15.0. The van der Waals surface area contributed by atoms with Crippen molar-refractivity contribution in [3.8, 4) is 5.75 Å². The van der Waals surface area contributed by atoms with E-state index >= 15 is 0 Å². The van der Waals surface area contributed by atoms with Crippen LogP contribution in [0.1, 0.15) is 24.0 Å². The monoisotopic (exact) mass is 360 g/mol. The van der Waals surface area contributed by atoms with Gasteiger partial charge in [-0.1, -0.05) is 48.5 Å². The van der Waals surface area contributed by atoms with Gasteiger partial charge < -0.3 is 15.8 Å². The zero-order valence-electron chi connectivity index (χ0n) is 14.2. The molecule has 0 bridgehead atoms. The molecule has 0 spiro atoms. The summed E-state index contributed by atoms with van der Waals surface area (Å²) in [5.74, 6) is 1.21. The third-order valence-corrected chi connectivity index (χ3v) is 4.33. The molecule has 0 aromatic heterocycles. The Balaban J connectivity index is 0.00000225. The normalized spacial score (nSPS) is 14.3. The van der Waals surface area contributed by atoms with Gasteiger partial charge in [-0.05, 0) is 36.0 Å². The second-order valence-corrected chi connectivity index (χ2v) is 6.36. The van der Waals surface area contributed by atoms with E-state index in [-0.39, 0.29) is 31.0 Å². The van der Waals surface area contributed by atoms with Gasteiger partial charge in [0.1, 0.15) is 5.75 Å². The van der Waals surface area contributed by atoms with E-state index in [4.69, 9.17) is 10.5 Å². The molecule has 1 saturated carbocycles. The first-order valence-corrected chi connectivity index (χ1v) is 8.49. The first-order chi connectivity index (χ1) is 11.7. The third kappa shape index (κ3) is 6.07. The first kappa shape index (κ1) is 19.3. The van der Waals surface area contributed by atoms with Crippen molar-refractivity contribution in [2.24, 2.45) is 11.7 Å². The van der Waals surface area contributed by atoms with E-state index in [2.05, 4.69) is 17.4 Å². The molecule has 4 nitrogen and oxygen atoms in total. The van der Waals surface area contributed by atoms with Crippen molar-refractivity contribution in [2.75, 3.05) is 13.2 Å². The SMILES string of the molecule is Cl.NC(CNC(=O)COc1ccccc1Cc1ccccc1)C1CC1. The van der Waals surface area contributed by atoms with Crippen LogP contribution in [0.5, 0.6) is 5.75 Å². The number of ether oxygens (including phenoxy) is 1. The van der Waals surface area contributed by atoms with Gasteiger partial charge >= 0.3 is 0 Å². The summed E-state index contributed by atoms with van der Waals surface area (Å²) in [6.45, 7) is 0.543. The summed E-state index contributed by atoms with van der Waals surface area (Å²) in [4.78, 5) is 11.9. The van der Waals surface area contributed by atoms with Gasteiger partial charge in [-0.2, -0.15) is 0 Å². The highest BCUT2D eigenvalue weighted by Crippen LogP contribution is 2.31. The van der Waals surface area contributed by atoms with Gasteiger partial charge in [-0.15, -0.1) is 12.4 Å². The Morgan fingerprint density at radius 3 is 2.52 bits per heavy atom. The fraction of sp³-hybridized carbons (Fsp3) is 0.350. The van der Waals surface area contributed by atoms with E-state index < -0.39 is 0 Å². The van der Waals surface area contributed by atoms with Crippen molar-refractivity contribution in [1.29, 1.82) is 0 Å². The second-order valence-electron chi connectivity index (χ2n) is 6.36. The molecule has 1 unspecified atom stereocenters. The highest BCUT2D eigenvalue weighted by molar-refractivity contribution is 5.85. The van der Waals surface area contributed by atoms with Crippen LogP contribution in [0.3, 0.4) is 0 Å². The molecule has 1 fully saturated rings. The zero-order chi connectivity index (χ0) is 16.8. The summed E-state index contributed by atoms with van der Waals surface area (Å²) >= 11 is 0. The molecule has 5 heteroatoms. The molecule has 1 aliphatic carbocycles. The lowest BCUT2D eigenvalue weighted by atomic mass is 10.0. The predicted octanol–water partition coefficient (Wildman–Crippen LogP) is 2.93. The maximum atomic E-state index is 11.9. The molecule has 0 aliphatic heterocycles. The molecule has 3 rings (SSSR count). The molecule has 134 valence electrons. The number of para-hydroxylation sites is 1. The molecule has 1 atom stereocenters. The van der Waals surface area contributed by atoms with Crippen LogP contribution in [0.2, 0.25) is 0 Å². The summed E-state index contributed by atoms with van der Waals surface area (Å²) < 4.78 is 5.73. The van der Waals surface area contributed by atoms with Crippen molar-refractivity contribution in [1.82, 2.24) is 5.32 Å². The Morgan fingerprint density at radius 1 is 1.12 bits per heavy atom. The molecule has 0 saturated heterocycles. The smallest absolute Gasteiger partial charge is 0.257 e. The molecule has 1 aliphatic rings. The average molecular weight is 361 g/mol. The number of hydrogen-bond donors (Lipinski definition) is 2. The summed E-state index contributed by atoms with van der Waals surface area (Å²) in [7, 11) is 0.